The van der Waals surface area contributed by atoms with Crippen LogP contribution >= 0.6 is 0 Å². The number of hydrogen-bond donors (Lipinski definition) is 1. The van der Waals surface area contributed by atoms with Crippen molar-refractivity contribution in [1.82, 2.24) is 14.7 Å². The molecule has 1 saturated carbocycles. The maximum atomic E-state index is 12.7. The predicted molar refractivity (Wildman–Crippen MR) is 103 cm³/mol. The standard InChI is InChI=1S/C20H36N4O2/c1-2-22-10-12-23(13-11-22)19(25)14-16-6-8-24(9-7-16)20(26)17-4-3-5-18(21)15-17/h16-18H,2-15,21H2,1H3. The van der Waals surface area contributed by atoms with Crippen LogP contribution in [0.2, 0.25) is 0 Å². The van der Waals surface area contributed by atoms with Crippen LogP contribution in [0.4, 0.5) is 0 Å². The minimum Gasteiger partial charge on any atom is -0.342 e. The lowest BCUT2D eigenvalue weighted by atomic mass is 9.84. The van der Waals surface area contributed by atoms with Gasteiger partial charge in [-0.25, -0.2) is 0 Å². The molecule has 148 valence electrons. The Labute approximate surface area is 158 Å². The summed E-state index contributed by atoms with van der Waals surface area (Å²) in [7, 11) is 0. The largest absolute Gasteiger partial charge is 0.342 e. The van der Waals surface area contributed by atoms with Gasteiger partial charge in [-0.1, -0.05) is 13.3 Å². The molecule has 2 atom stereocenters. The van der Waals surface area contributed by atoms with Crippen LogP contribution in [0.3, 0.4) is 0 Å². The van der Waals surface area contributed by atoms with Gasteiger partial charge in [0.15, 0.2) is 0 Å². The van der Waals surface area contributed by atoms with Crippen LogP contribution in [0, 0.1) is 11.8 Å². The molecule has 3 rings (SSSR count). The molecule has 6 heteroatoms. The van der Waals surface area contributed by atoms with Crippen molar-refractivity contribution in [2.75, 3.05) is 45.8 Å². The van der Waals surface area contributed by atoms with Crippen molar-refractivity contribution in [3.8, 4) is 0 Å². The molecular weight excluding hydrogens is 328 g/mol. The Morgan fingerprint density at radius 3 is 2.23 bits per heavy atom. The summed E-state index contributed by atoms with van der Waals surface area (Å²) in [5.74, 6) is 1.18. The number of carbonyl (C=O) groups is 2. The fourth-order valence-electron chi connectivity index (χ4n) is 4.76. The first-order valence-electron chi connectivity index (χ1n) is 10.6. The Kier molecular flexibility index (Phi) is 6.92. The summed E-state index contributed by atoms with van der Waals surface area (Å²) < 4.78 is 0. The zero-order valence-corrected chi connectivity index (χ0v) is 16.4. The SMILES string of the molecule is CCN1CCN(C(=O)CC2CCN(C(=O)C3CCCC(N)C3)CC2)CC1. The lowest BCUT2D eigenvalue weighted by molar-refractivity contribution is -0.138. The van der Waals surface area contributed by atoms with Gasteiger partial charge in [-0.05, 0) is 44.6 Å². The van der Waals surface area contributed by atoms with Crippen LogP contribution in [0.25, 0.3) is 0 Å². The van der Waals surface area contributed by atoms with Gasteiger partial charge in [-0.2, -0.15) is 0 Å². The van der Waals surface area contributed by atoms with Crippen LogP contribution < -0.4 is 5.73 Å². The van der Waals surface area contributed by atoms with Gasteiger partial charge < -0.3 is 20.4 Å². The van der Waals surface area contributed by atoms with Crippen LogP contribution in [0.15, 0.2) is 0 Å². The number of rotatable bonds is 4. The molecule has 2 N–H and O–H groups in total. The monoisotopic (exact) mass is 364 g/mol. The summed E-state index contributed by atoms with van der Waals surface area (Å²) in [6.45, 7) is 8.60. The first kappa shape index (κ1) is 19.6. The molecule has 3 fully saturated rings. The number of piperazine rings is 1. The molecule has 1 aliphatic carbocycles. The van der Waals surface area contributed by atoms with E-state index in [0.717, 1.165) is 84.3 Å². The highest BCUT2D eigenvalue weighted by molar-refractivity contribution is 5.79. The highest BCUT2D eigenvalue weighted by Crippen LogP contribution is 2.28. The van der Waals surface area contributed by atoms with Gasteiger partial charge in [-0.3, -0.25) is 9.59 Å². The summed E-state index contributed by atoms with van der Waals surface area (Å²) in [4.78, 5) is 31.8. The predicted octanol–water partition coefficient (Wildman–Crippen LogP) is 1.30. The number of amides is 2. The molecule has 0 aromatic carbocycles. The van der Waals surface area contributed by atoms with Crippen LogP contribution in [-0.4, -0.2) is 78.4 Å². The lowest BCUT2D eigenvalue weighted by Crippen LogP contribution is -2.49. The van der Waals surface area contributed by atoms with Gasteiger partial charge in [0.1, 0.15) is 0 Å². The van der Waals surface area contributed by atoms with Crippen LogP contribution in [0.1, 0.15) is 51.9 Å². The minimum atomic E-state index is 0.131. The van der Waals surface area contributed by atoms with Crippen molar-refractivity contribution in [2.24, 2.45) is 17.6 Å². The maximum absolute atomic E-state index is 12.7. The van der Waals surface area contributed by atoms with E-state index in [4.69, 9.17) is 5.73 Å². The third-order valence-electron chi connectivity index (χ3n) is 6.63. The third-order valence-corrected chi connectivity index (χ3v) is 6.63. The molecule has 3 aliphatic rings. The molecule has 2 saturated heterocycles. The highest BCUT2D eigenvalue weighted by Gasteiger charge is 2.32. The van der Waals surface area contributed by atoms with E-state index in [1.807, 2.05) is 9.80 Å². The summed E-state index contributed by atoms with van der Waals surface area (Å²) in [6.07, 6.45) is 6.56. The second-order valence-corrected chi connectivity index (χ2v) is 8.41. The number of piperidine rings is 1. The van der Waals surface area contributed by atoms with E-state index in [2.05, 4.69) is 11.8 Å². The topological polar surface area (TPSA) is 69.9 Å². The zero-order valence-electron chi connectivity index (χ0n) is 16.4. The van der Waals surface area contributed by atoms with Crippen LogP contribution in [-0.2, 0) is 9.59 Å². The first-order valence-corrected chi connectivity index (χ1v) is 10.6. The summed E-state index contributed by atoms with van der Waals surface area (Å²) >= 11 is 0. The second kappa shape index (κ2) is 9.18. The van der Waals surface area contributed by atoms with Gasteiger partial charge in [0, 0.05) is 57.6 Å². The van der Waals surface area contributed by atoms with Crippen LogP contribution in [0.5, 0.6) is 0 Å². The Balaban J connectivity index is 1.39. The van der Waals surface area contributed by atoms with Gasteiger partial charge in [-0.15, -0.1) is 0 Å². The van der Waals surface area contributed by atoms with Crippen molar-refractivity contribution >= 4 is 11.8 Å². The molecule has 0 radical (unpaired) electrons. The number of nitrogens with zero attached hydrogens (tertiary/aromatic N) is 3. The quantitative estimate of drug-likeness (QED) is 0.816. The maximum Gasteiger partial charge on any atom is 0.225 e. The minimum absolute atomic E-state index is 0.131. The molecular formula is C20H36N4O2. The number of hydrogen-bond acceptors (Lipinski definition) is 4. The van der Waals surface area contributed by atoms with Gasteiger partial charge >= 0.3 is 0 Å². The molecule has 2 amide bonds. The van der Waals surface area contributed by atoms with Crippen molar-refractivity contribution in [3.05, 3.63) is 0 Å². The van der Waals surface area contributed by atoms with Gasteiger partial charge in [0.05, 0.1) is 0 Å². The summed E-state index contributed by atoms with van der Waals surface area (Å²) in [5.41, 5.74) is 6.04. The zero-order chi connectivity index (χ0) is 18.5. The smallest absolute Gasteiger partial charge is 0.225 e. The first-order chi connectivity index (χ1) is 12.6. The molecule has 2 unspecified atom stereocenters. The summed E-state index contributed by atoms with van der Waals surface area (Å²) in [5, 5.41) is 0. The van der Waals surface area contributed by atoms with E-state index in [1.54, 1.807) is 0 Å². The number of carbonyl (C=O) groups excluding carboxylic acids is 2. The van der Waals surface area contributed by atoms with E-state index in [1.165, 1.54) is 0 Å². The number of likely N-dealkylation sites (N-methyl/N-ethyl adjacent to an activating group) is 1. The molecule has 6 nitrogen and oxygen atoms in total. The fraction of sp³-hybridized carbons (Fsp3) is 0.900. The molecule has 0 aromatic rings. The van der Waals surface area contributed by atoms with Crippen molar-refractivity contribution in [2.45, 2.75) is 57.9 Å². The van der Waals surface area contributed by atoms with Crippen molar-refractivity contribution in [3.63, 3.8) is 0 Å². The Morgan fingerprint density at radius 1 is 0.923 bits per heavy atom. The normalized spacial score (nSPS) is 29.0. The molecule has 0 aromatic heterocycles. The number of likely N-dealkylation sites (tertiary alicyclic amines) is 1. The molecule has 0 spiro atoms. The van der Waals surface area contributed by atoms with E-state index in [0.29, 0.717) is 24.2 Å². The molecule has 26 heavy (non-hydrogen) atoms. The van der Waals surface area contributed by atoms with E-state index in [9.17, 15) is 9.59 Å². The third kappa shape index (κ3) is 4.97. The van der Waals surface area contributed by atoms with Gasteiger partial charge in [0.25, 0.3) is 0 Å². The second-order valence-electron chi connectivity index (χ2n) is 8.41. The molecule has 2 aliphatic heterocycles. The Bertz CT molecular complexity index is 482. The lowest BCUT2D eigenvalue weighted by Gasteiger charge is -2.37. The fourth-order valence-corrected chi connectivity index (χ4v) is 4.76. The van der Waals surface area contributed by atoms with E-state index < -0.39 is 0 Å². The highest BCUT2D eigenvalue weighted by atomic mass is 16.2. The van der Waals surface area contributed by atoms with Gasteiger partial charge in [0.2, 0.25) is 11.8 Å². The number of nitrogens with two attached hydrogens (primary N) is 1. The van der Waals surface area contributed by atoms with E-state index >= 15 is 0 Å². The van der Waals surface area contributed by atoms with Crippen molar-refractivity contribution in [1.29, 1.82) is 0 Å². The average Bonchev–Trinajstić information content (AvgIpc) is 2.68. The Hall–Kier alpha value is -1.14. The summed E-state index contributed by atoms with van der Waals surface area (Å²) in [6, 6.07) is 0.195. The Morgan fingerprint density at radius 2 is 1.62 bits per heavy atom. The van der Waals surface area contributed by atoms with Crippen molar-refractivity contribution < 1.29 is 9.59 Å². The van der Waals surface area contributed by atoms with E-state index in [-0.39, 0.29) is 12.0 Å². The molecule has 2 heterocycles. The average molecular weight is 365 g/mol. The molecule has 0 bridgehead atoms.